The summed E-state index contributed by atoms with van der Waals surface area (Å²) in [5.41, 5.74) is 2.35. The van der Waals surface area contributed by atoms with Crippen LogP contribution in [0.1, 0.15) is 29.8 Å². The van der Waals surface area contributed by atoms with Crippen LogP contribution in [0.5, 0.6) is 0 Å². The third-order valence-corrected chi connectivity index (χ3v) is 4.97. The van der Waals surface area contributed by atoms with Crippen LogP contribution < -0.4 is 16.2 Å². The first kappa shape index (κ1) is 17.7. The Hall–Kier alpha value is -3.67. The maximum Gasteiger partial charge on any atom is 0.257 e. The van der Waals surface area contributed by atoms with Crippen molar-refractivity contribution in [2.75, 3.05) is 10.6 Å². The molecule has 2 N–H and O–H groups in total. The van der Waals surface area contributed by atoms with Gasteiger partial charge in [-0.1, -0.05) is 18.2 Å². The lowest BCUT2D eigenvalue weighted by atomic mass is 9.86. The van der Waals surface area contributed by atoms with Gasteiger partial charge in [0.15, 0.2) is 0 Å². The number of anilines is 2. The minimum atomic E-state index is -0.656. The van der Waals surface area contributed by atoms with Crippen molar-refractivity contribution in [1.82, 2.24) is 4.57 Å². The summed E-state index contributed by atoms with van der Waals surface area (Å²) in [5, 5.41) is 5.69. The van der Waals surface area contributed by atoms with Crippen molar-refractivity contribution in [3.63, 3.8) is 0 Å². The van der Waals surface area contributed by atoms with E-state index in [4.69, 9.17) is 0 Å². The largest absolute Gasteiger partial charge is 0.325 e. The predicted octanol–water partition coefficient (Wildman–Crippen LogP) is 3.32. The third-order valence-electron chi connectivity index (χ3n) is 4.97. The van der Waals surface area contributed by atoms with Crippen LogP contribution in [0.3, 0.4) is 0 Å². The molecule has 2 amide bonds. The first-order chi connectivity index (χ1) is 13.4. The van der Waals surface area contributed by atoms with Crippen LogP contribution in [0, 0.1) is 0 Å². The van der Waals surface area contributed by atoms with Gasteiger partial charge in [-0.2, -0.15) is 0 Å². The Balaban J connectivity index is 1.63. The normalized spacial score (nSPS) is 14.3. The lowest BCUT2D eigenvalue weighted by Crippen LogP contribution is -2.27. The number of pyridine rings is 1. The van der Waals surface area contributed by atoms with E-state index in [2.05, 4.69) is 10.6 Å². The zero-order chi connectivity index (χ0) is 19.9. The van der Waals surface area contributed by atoms with Gasteiger partial charge in [0, 0.05) is 29.3 Å². The predicted molar refractivity (Wildman–Crippen MR) is 108 cm³/mol. The Labute approximate surface area is 161 Å². The topological polar surface area (TPSA) is 80.2 Å². The minimum absolute atomic E-state index is 0.0686. The van der Waals surface area contributed by atoms with Crippen molar-refractivity contribution >= 4 is 23.2 Å². The van der Waals surface area contributed by atoms with Crippen LogP contribution in [0.2, 0.25) is 0 Å². The second kappa shape index (κ2) is 6.49. The van der Waals surface area contributed by atoms with Gasteiger partial charge >= 0.3 is 0 Å². The molecular weight excluding hydrogens is 354 g/mol. The Morgan fingerprint density at radius 2 is 1.75 bits per heavy atom. The van der Waals surface area contributed by atoms with Gasteiger partial charge in [-0.05, 0) is 55.8 Å². The highest BCUT2D eigenvalue weighted by Gasteiger charge is 2.38. The van der Waals surface area contributed by atoms with Crippen molar-refractivity contribution in [2.45, 2.75) is 19.3 Å². The highest BCUT2D eigenvalue weighted by Crippen LogP contribution is 2.38. The van der Waals surface area contributed by atoms with Gasteiger partial charge in [-0.3, -0.25) is 19.0 Å². The van der Waals surface area contributed by atoms with Crippen LogP contribution in [-0.4, -0.2) is 16.4 Å². The van der Waals surface area contributed by atoms with E-state index in [9.17, 15) is 14.4 Å². The van der Waals surface area contributed by atoms with Crippen molar-refractivity contribution < 1.29 is 9.59 Å². The van der Waals surface area contributed by atoms with Gasteiger partial charge in [0.05, 0.1) is 11.0 Å². The number of hydrogen-bond donors (Lipinski definition) is 2. The molecule has 0 aliphatic carbocycles. The lowest BCUT2D eigenvalue weighted by Gasteiger charge is -2.16. The maximum atomic E-state index is 12.7. The number of rotatable bonds is 3. The molecule has 1 aliphatic rings. The van der Waals surface area contributed by atoms with Crippen LogP contribution in [0.4, 0.5) is 11.4 Å². The summed E-state index contributed by atoms with van der Waals surface area (Å²) in [6, 6.07) is 17.3. The van der Waals surface area contributed by atoms with Gasteiger partial charge in [0.1, 0.15) is 0 Å². The molecule has 0 radical (unpaired) electrons. The molecule has 1 aliphatic heterocycles. The molecule has 1 aromatic heterocycles. The van der Waals surface area contributed by atoms with E-state index in [1.54, 1.807) is 30.3 Å². The number of aromatic nitrogens is 1. The fourth-order valence-corrected chi connectivity index (χ4v) is 3.26. The molecule has 28 heavy (non-hydrogen) atoms. The van der Waals surface area contributed by atoms with E-state index in [0.29, 0.717) is 16.9 Å². The molecule has 2 aromatic carbocycles. The Kier molecular flexibility index (Phi) is 4.11. The lowest BCUT2D eigenvalue weighted by molar-refractivity contribution is -0.119. The van der Waals surface area contributed by atoms with E-state index < -0.39 is 5.41 Å². The van der Waals surface area contributed by atoms with Gasteiger partial charge in [0.2, 0.25) is 5.91 Å². The first-order valence-corrected chi connectivity index (χ1v) is 8.92. The van der Waals surface area contributed by atoms with E-state index in [1.807, 2.05) is 32.0 Å². The quantitative estimate of drug-likeness (QED) is 0.739. The summed E-state index contributed by atoms with van der Waals surface area (Å²) in [4.78, 5) is 37.0. The van der Waals surface area contributed by atoms with Crippen LogP contribution in [0.15, 0.2) is 71.7 Å². The molecule has 6 nitrogen and oxygen atoms in total. The van der Waals surface area contributed by atoms with E-state index in [0.717, 1.165) is 11.3 Å². The molecule has 0 unspecified atom stereocenters. The molecular formula is C22H19N3O3. The molecule has 140 valence electrons. The van der Waals surface area contributed by atoms with Crippen molar-refractivity contribution in [2.24, 2.45) is 0 Å². The summed E-state index contributed by atoms with van der Waals surface area (Å²) >= 11 is 0. The average Bonchev–Trinajstić information content (AvgIpc) is 2.91. The molecule has 0 saturated carbocycles. The average molecular weight is 373 g/mol. The van der Waals surface area contributed by atoms with E-state index in [1.165, 1.54) is 22.9 Å². The maximum absolute atomic E-state index is 12.7. The zero-order valence-electron chi connectivity index (χ0n) is 15.5. The molecule has 6 heteroatoms. The number of nitrogens with one attached hydrogen (secondary N) is 2. The van der Waals surface area contributed by atoms with Crippen molar-refractivity contribution in [3.8, 4) is 5.69 Å². The number of amides is 2. The van der Waals surface area contributed by atoms with E-state index >= 15 is 0 Å². The zero-order valence-corrected chi connectivity index (χ0v) is 15.5. The van der Waals surface area contributed by atoms with E-state index in [-0.39, 0.29) is 17.4 Å². The summed E-state index contributed by atoms with van der Waals surface area (Å²) < 4.78 is 1.43. The number of benzene rings is 2. The molecule has 2 heterocycles. The summed E-state index contributed by atoms with van der Waals surface area (Å²) in [6.07, 6.45) is 1.52. The second-order valence-corrected chi connectivity index (χ2v) is 7.26. The van der Waals surface area contributed by atoms with Crippen LogP contribution in [0.25, 0.3) is 5.69 Å². The molecule has 0 saturated heterocycles. The van der Waals surface area contributed by atoms with Gasteiger partial charge in [0.25, 0.3) is 11.5 Å². The van der Waals surface area contributed by atoms with Crippen molar-refractivity contribution in [1.29, 1.82) is 0 Å². The number of carbonyl (C=O) groups is 2. The molecule has 0 bridgehead atoms. The van der Waals surface area contributed by atoms with Gasteiger partial charge in [-0.15, -0.1) is 0 Å². The summed E-state index contributed by atoms with van der Waals surface area (Å²) in [6.45, 7) is 3.69. The number of nitrogens with zero attached hydrogens (tertiary/aromatic N) is 1. The molecule has 0 spiro atoms. The standard InChI is InChI=1S/C22H19N3O3/c1-22(2)17-12-15(9-10-18(17)24-21(22)28)23-20(27)14-8-11-19(26)25(13-14)16-6-4-3-5-7-16/h3-13H,1-2H3,(H,23,27)(H,24,28). The number of hydrogen-bond acceptors (Lipinski definition) is 3. The van der Waals surface area contributed by atoms with Gasteiger partial charge in [-0.25, -0.2) is 0 Å². The number of fused-ring (bicyclic) bond motifs is 1. The Morgan fingerprint density at radius 3 is 2.50 bits per heavy atom. The highest BCUT2D eigenvalue weighted by atomic mass is 16.2. The smallest absolute Gasteiger partial charge is 0.257 e. The molecule has 3 aromatic rings. The highest BCUT2D eigenvalue weighted by molar-refractivity contribution is 6.07. The molecule has 4 rings (SSSR count). The SMILES string of the molecule is CC1(C)C(=O)Nc2ccc(NC(=O)c3ccc(=O)n(-c4ccccc4)c3)cc21. The van der Waals surface area contributed by atoms with Crippen LogP contribution >= 0.6 is 0 Å². The van der Waals surface area contributed by atoms with Crippen molar-refractivity contribution in [3.05, 3.63) is 88.3 Å². The van der Waals surface area contributed by atoms with Crippen LogP contribution in [-0.2, 0) is 10.2 Å². The fraction of sp³-hybridized carbons (Fsp3) is 0.136. The monoisotopic (exact) mass is 373 g/mol. The second-order valence-electron chi connectivity index (χ2n) is 7.26. The minimum Gasteiger partial charge on any atom is -0.325 e. The Bertz CT molecular complexity index is 1150. The molecule has 0 atom stereocenters. The Morgan fingerprint density at radius 1 is 1.00 bits per heavy atom. The molecule has 0 fully saturated rings. The third kappa shape index (κ3) is 2.99. The van der Waals surface area contributed by atoms with Gasteiger partial charge < -0.3 is 10.6 Å². The summed E-state index contributed by atoms with van der Waals surface area (Å²) in [5.74, 6) is -0.402. The number of carbonyl (C=O) groups excluding carboxylic acids is 2. The fourth-order valence-electron chi connectivity index (χ4n) is 3.26. The first-order valence-electron chi connectivity index (χ1n) is 8.92. The number of para-hydroxylation sites is 1. The summed E-state index contributed by atoms with van der Waals surface area (Å²) in [7, 11) is 0.